The molecule has 14 heavy (non-hydrogen) atoms. The summed E-state index contributed by atoms with van der Waals surface area (Å²) in [4.78, 5) is 13.2. The maximum Gasteiger partial charge on any atom is 0.235 e. The Morgan fingerprint density at radius 2 is 2.36 bits per heavy atom. The molecule has 0 bridgehead atoms. The zero-order valence-electron chi connectivity index (χ0n) is 7.38. The number of isocyanates is 1. The summed E-state index contributed by atoms with van der Waals surface area (Å²) in [5.41, 5.74) is 0.291. The molecule has 1 aromatic rings. The highest BCUT2D eigenvalue weighted by Crippen LogP contribution is 2.26. The van der Waals surface area contributed by atoms with Crippen LogP contribution in [-0.4, -0.2) is 13.2 Å². The molecule has 0 aliphatic carbocycles. The molecule has 0 radical (unpaired) electrons. The van der Waals surface area contributed by atoms with E-state index in [1.807, 2.05) is 0 Å². The van der Waals surface area contributed by atoms with E-state index in [1.165, 1.54) is 19.3 Å². The molecule has 0 aliphatic rings. The highest BCUT2D eigenvalue weighted by molar-refractivity contribution is 9.10. The molecule has 1 rings (SSSR count). The summed E-state index contributed by atoms with van der Waals surface area (Å²) in [6, 6.07) is 3.04. The van der Waals surface area contributed by atoms with E-state index in [9.17, 15) is 9.18 Å². The average molecular weight is 260 g/mol. The van der Waals surface area contributed by atoms with Crippen LogP contribution < -0.4 is 4.74 Å². The van der Waals surface area contributed by atoms with Crippen molar-refractivity contribution in [3.05, 3.63) is 28.0 Å². The Hall–Kier alpha value is -1.19. The van der Waals surface area contributed by atoms with Crippen LogP contribution in [0.2, 0.25) is 0 Å². The number of methoxy groups -OCH3 is 1. The number of hydrogen-bond acceptors (Lipinski definition) is 3. The summed E-state index contributed by atoms with van der Waals surface area (Å²) in [7, 11) is 1.37. The van der Waals surface area contributed by atoms with Crippen molar-refractivity contribution in [2.45, 2.75) is 6.54 Å². The molecule has 3 nitrogen and oxygen atoms in total. The van der Waals surface area contributed by atoms with Gasteiger partial charge in [0, 0.05) is 10.0 Å². The number of rotatable bonds is 3. The Labute approximate surface area is 88.7 Å². The SMILES string of the molecule is COc1cc(Br)cc(CN=C=O)c1F. The Morgan fingerprint density at radius 3 is 2.93 bits per heavy atom. The number of carbonyl (C=O) groups excluding carboxylic acids is 1. The topological polar surface area (TPSA) is 38.7 Å². The lowest BCUT2D eigenvalue weighted by atomic mass is 10.2. The molecule has 0 saturated carbocycles. The van der Waals surface area contributed by atoms with Gasteiger partial charge in [-0.15, -0.1) is 0 Å². The van der Waals surface area contributed by atoms with Crippen molar-refractivity contribution < 1.29 is 13.9 Å². The smallest absolute Gasteiger partial charge is 0.235 e. The van der Waals surface area contributed by atoms with Gasteiger partial charge in [-0.3, -0.25) is 0 Å². The first-order valence-electron chi connectivity index (χ1n) is 3.74. The lowest BCUT2D eigenvalue weighted by Crippen LogP contribution is -1.94. The Kier molecular flexibility index (Phi) is 3.80. The second-order valence-electron chi connectivity index (χ2n) is 2.49. The van der Waals surface area contributed by atoms with Crippen molar-refractivity contribution in [2.75, 3.05) is 7.11 Å². The van der Waals surface area contributed by atoms with E-state index in [4.69, 9.17) is 4.74 Å². The van der Waals surface area contributed by atoms with Crippen LogP contribution in [0.3, 0.4) is 0 Å². The van der Waals surface area contributed by atoms with Gasteiger partial charge in [-0.05, 0) is 12.1 Å². The van der Waals surface area contributed by atoms with E-state index >= 15 is 0 Å². The minimum absolute atomic E-state index is 0.0366. The van der Waals surface area contributed by atoms with Gasteiger partial charge in [0.15, 0.2) is 11.6 Å². The fraction of sp³-hybridized carbons (Fsp3) is 0.222. The van der Waals surface area contributed by atoms with Crippen LogP contribution in [0.1, 0.15) is 5.56 Å². The average Bonchev–Trinajstić information content (AvgIpc) is 2.18. The lowest BCUT2D eigenvalue weighted by Gasteiger charge is -2.05. The zero-order valence-corrected chi connectivity index (χ0v) is 8.97. The maximum absolute atomic E-state index is 13.4. The molecule has 0 saturated heterocycles. The van der Waals surface area contributed by atoms with Crippen molar-refractivity contribution in [1.82, 2.24) is 0 Å². The van der Waals surface area contributed by atoms with E-state index < -0.39 is 5.82 Å². The molecular formula is C9H7BrFNO2. The van der Waals surface area contributed by atoms with Crippen LogP contribution in [-0.2, 0) is 11.3 Å². The third-order valence-electron chi connectivity index (χ3n) is 1.61. The van der Waals surface area contributed by atoms with Crippen LogP contribution in [0.25, 0.3) is 0 Å². The third kappa shape index (κ3) is 2.40. The first kappa shape index (κ1) is 10.9. The Bertz CT molecular complexity index is 389. The highest BCUT2D eigenvalue weighted by Gasteiger charge is 2.09. The van der Waals surface area contributed by atoms with Gasteiger partial charge in [-0.2, -0.15) is 0 Å². The van der Waals surface area contributed by atoms with E-state index in [0.29, 0.717) is 10.0 Å². The van der Waals surface area contributed by atoms with Crippen molar-refractivity contribution in [1.29, 1.82) is 0 Å². The number of benzene rings is 1. The highest BCUT2D eigenvalue weighted by atomic mass is 79.9. The van der Waals surface area contributed by atoms with Crippen LogP contribution in [0.4, 0.5) is 4.39 Å². The summed E-state index contributed by atoms with van der Waals surface area (Å²) in [6.07, 6.45) is 1.35. The van der Waals surface area contributed by atoms with Crippen molar-refractivity contribution in [3.8, 4) is 5.75 Å². The van der Waals surface area contributed by atoms with E-state index in [2.05, 4.69) is 20.9 Å². The molecule has 0 aliphatic heterocycles. The van der Waals surface area contributed by atoms with Crippen LogP contribution in [0.15, 0.2) is 21.6 Å². The molecule has 0 N–H and O–H groups in total. The zero-order chi connectivity index (χ0) is 10.6. The first-order valence-corrected chi connectivity index (χ1v) is 4.54. The largest absolute Gasteiger partial charge is 0.494 e. The van der Waals surface area contributed by atoms with Gasteiger partial charge in [-0.25, -0.2) is 14.2 Å². The number of nitrogens with zero attached hydrogens (tertiary/aromatic N) is 1. The summed E-state index contributed by atoms with van der Waals surface area (Å²) in [5, 5.41) is 0. The molecule has 1 aromatic carbocycles. The Morgan fingerprint density at radius 1 is 1.64 bits per heavy atom. The number of halogens is 2. The first-order chi connectivity index (χ1) is 6.69. The van der Waals surface area contributed by atoms with Crippen LogP contribution in [0.5, 0.6) is 5.75 Å². The summed E-state index contributed by atoms with van der Waals surface area (Å²) >= 11 is 3.19. The van der Waals surface area contributed by atoms with Gasteiger partial charge in [0.2, 0.25) is 6.08 Å². The fourth-order valence-corrected chi connectivity index (χ4v) is 1.48. The monoisotopic (exact) mass is 259 g/mol. The molecule has 5 heteroatoms. The van der Waals surface area contributed by atoms with Crippen LogP contribution in [0, 0.1) is 5.82 Å². The summed E-state index contributed by atoms with van der Waals surface area (Å²) in [6.45, 7) is -0.0366. The van der Waals surface area contributed by atoms with E-state index in [-0.39, 0.29) is 12.3 Å². The molecule has 0 aromatic heterocycles. The second kappa shape index (κ2) is 4.88. The number of aliphatic imine (C=N–C) groups is 1. The van der Waals surface area contributed by atoms with Crippen molar-refractivity contribution in [2.24, 2.45) is 4.99 Å². The molecule has 74 valence electrons. The summed E-state index contributed by atoms with van der Waals surface area (Å²) < 4.78 is 18.9. The van der Waals surface area contributed by atoms with Crippen molar-refractivity contribution in [3.63, 3.8) is 0 Å². The maximum atomic E-state index is 13.4. The molecule has 0 amide bonds. The van der Waals surface area contributed by atoms with E-state index in [1.54, 1.807) is 6.07 Å². The lowest BCUT2D eigenvalue weighted by molar-refractivity contribution is 0.384. The van der Waals surface area contributed by atoms with Gasteiger partial charge in [0.05, 0.1) is 13.7 Å². The molecule has 0 heterocycles. The van der Waals surface area contributed by atoms with Gasteiger partial charge >= 0.3 is 0 Å². The minimum Gasteiger partial charge on any atom is -0.494 e. The molecular weight excluding hydrogens is 253 g/mol. The standard InChI is InChI=1S/C9H7BrFNO2/c1-14-8-3-7(10)2-6(9(8)11)4-12-5-13/h2-3H,4H2,1H3. The second-order valence-corrected chi connectivity index (χ2v) is 3.40. The summed E-state index contributed by atoms with van der Waals surface area (Å²) in [5.74, 6) is -0.384. The number of ether oxygens (including phenoxy) is 1. The van der Waals surface area contributed by atoms with Crippen molar-refractivity contribution >= 4 is 22.0 Å². The third-order valence-corrected chi connectivity index (χ3v) is 2.07. The van der Waals surface area contributed by atoms with E-state index in [0.717, 1.165) is 0 Å². The predicted octanol–water partition coefficient (Wildman–Crippen LogP) is 2.43. The van der Waals surface area contributed by atoms with Crippen LogP contribution >= 0.6 is 15.9 Å². The van der Waals surface area contributed by atoms with Gasteiger partial charge in [0.1, 0.15) is 0 Å². The van der Waals surface area contributed by atoms with Gasteiger partial charge < -0.3 is 4.74 Å². The number of hydrogen-bond donors (Lipinski definition) is 0. The fourth-order valence-electron chi connectivity index (χ4n) is 0.999. The van der Waals surface area contributed by atoms with Gasteiger partial charge in [-0.1, -0.05) is 15.9 Å². The minimum atomic E-state index is -0.505. The molecule has 0 atom stereocenters. The normalized spacial score (nSPS) is 9.36. The molecule has 0 fully saturated rings. The predicted molar refractivity (Wildman–Crippen MR) is 52.5 cm³/mol. The molecule has 0 spiro atoms. The quantitative estimate of drug-likeness (QED) is 0.618. The van der Waals surface area contributed by atoms with Gasteiger partial charge in [0.25, 0.3) is 0 Å². The molecule has 0 unspecified atom stereocenters. The Balaban J connectivity index is 3.14.